The van der Waals surface area contributed by atoms with Gasteiger partial charge in [0.15, 0.2) is 0 Å². The second kappa shape index (κ2) is 11.2. The molecule has 0 aliphatic rings. The summed E-state index contributed by atoms with van der Waals surface area (Å²) in [5.74, 6) is 1.62. The molecule has 0 atom stereocenters. The molecule has 4 aromatic rings. The van der Waals surface area contributed by atoms with Gasteiger partial charge in [0, 0.05) is 0 Å². The van der Waals surface area contributed by atoms with Gasteiger partial charge in [-0.1, -0.05) is 93.5 Å². The van der Waals surface area contributed by atoms with Crippen molar-refractivity contribution in [3.8, 4) is 11.5 Å². The van der Waals surface area contributed by atoms with E-state index in [1.165, 1.54) is 10.6 Å². The molecule has 0 unspecified atom stereocenters. The first-order valence-corrected chi connectivity index (χ1v) is 11.3. The molecule has 28 heavy (non-hydrogen) atoms. The molecule has 0 fully saturated rings. The van der Waals surface area contributed by atoms with Crippen molar-refractivity contribution in [3.63, 3.8) is 0 Å². The SMILES string of the molecule is Brc1ccccc1Oc1ccccc1Br.c1ccc(Pc2ccccc2)cc1. The maximum atomic E-state index is 5.75. The van der Waals surface area contributed by atoms with Crippen molar-refractivity contribution in [2.45, 2.75) is 0 Å². The van der Waals surface area contributed by atoms with E-state index in [2.05, 4.69) is 92.5 Å². The summed E-state index contributed by atoms with van der Waals surface area (Å²) in [4.78, 5) is 0. The summed E-state index contributed by atoms with van der Waals surface area (Å²) in [7, 11) is 0.777. The molecular weight excluding hydrogens is 495 g/mol. The van der Waals surface area contributed by atoms with Crippen LogP contribution in [0.2, 0.25) is 0 Å². The standard InChI is InChI=1S/C12H8Br2O.C12H11P/c13-9-5-1-3-7-11(9)15-12-8-4-2-6-10(12)14;1-3-7-11(8-4-1)13-12-9-5-2-6-10-12/h1-8H;1-10,13H. The predicted molar refractivity (Wildman–Crippen MR) is 129 cm³/mol. The van der Waals surface area contributed by atoms with Crippen LogP contribution in [0.1, 0.15) is 0 Å². The van der Waals surface area contributed by atoms with Gasteiger partial charge in [-0.2, -0.15) is 0 Å². The summed E-state index contributed by atoms with van der Waals surface area (Å²) in [5.41, 5.74) is 0. The van der Waals surface area contributed by atoms with E-state index in [0.717, 1.165) is 29.0 Å². The zero-order valence-electron chi connectivity index (χ0n) is 15.1. The Morgan fingerprint density at radius 1 is 0.464 bits per heavy atom. The van der Waals surface area contributed by atoms with Gasteiger partial charge in [-0.3, -0.25) is 0 Å². The largest absolute Gasteiger partial charge is 0.455 e. The monoisotopic (exact) mass is 512 g/mol. The second-order valence-electron chi connectivity index (χ2n) is 5.82. The molecular formula is C24H19Br2OP. The Bertz CT molecular complexity index is 910. The molecule has 0 aliphatic carbocycles. The molecule has 0 aromatic heterocycles. The maximum Gasteiger partial charge on any atom is 0.141 e. The summed E-state index contributed by atoms with van der Waals surface area (Å²) >= 11 is 6.88. The molecule has 0 spiro atoms. The molecule has 0 radical (unpaired) electrons. The molecule has 0 aliphatic heterocycles. The van der Waals surface area contributed by atoms with Crippen LogP contribution in [0.5, 0.6) is 11.5 Å². The summed E-state index contributed by atoms with van der Waals surface area (Å²) in [6.45, 7) is 0. The fraction of sp³-hybridized carbons (Fsp3) is 0. The lowest BCUT2D eigenvalue weighted by Gasteiger charge is -2.08. The number of benzene rings is 4. The number of ether oxygens (including phenoxy) is 1. The normalized spacial score (nSPS) is 9.93. The van der Waals surface area contributed by atoms with Crippen molar-refractivity contribution in [2.24, 2.45) is 0 Å². The lowest BCUT2D eigenvalue weighted by Crippen LogP contribution is -2.01. The Morgan fingerprint density at radius 3 is 1.21 bits per heavy atom. The van der Waals surface area contributed by atoms with Crippen LogP contribution in [-0.2, 0) is 0 Å². The molecule has 0 saturated heterocycles. The predicted octanol–water partition coefficient (Wildman–Crippen LogP) is 7.32. The van der Waals surface area contributed by atoms with E-state index >= 15 is 0 Å². The first kappa shape index (κ1) is 20.8. The molecule has 1 nitrogen and oxygen atoms in total. The zero-order chi connectivity index (χ0) is 19.6. The molecule has 0 heterocycles. The van der Waals surface area contributed by atoms with Gasteiger partial charge in [0.1, 0.15) is 11.5 Å². The first-order chi connectivity index (χ1) is 13.7. The number of halogens is 2. The number of hydrogen-bond acceptors (Lipinski definition) is 1. The molecule has 0 N–H and O–H groups in total. The van der Waals surface area contributed by atoms with E-state index in [9.17, 15) is 0 Å². The Hall–Kier alpha value is -1.93. The van der Waals surface area contributed by atoms with Crippen molar-refractivity contribution in [3.05, 3.63) is 118 Å². The number of para-hydroxylation sites is 2. The van der Waals surface area contributed by atoms with Gasteiger partial charge in [-0.25, -0.2) is 0 Å². The minimum absolute atomic E-state index is 0.777. The average Bonchev–Trinajstić information content (AvgIpc) is 2.73. The van der Waals surface area contributed by atoms with Crippen molar-refractivity contribution in [1.82, 2.24) is 0 Å². The fourth-order valence-corrected chi connectivity index (χ4v) is 4.17. The van der Waals surface area contributed by atoms with Gasteiger partial charge in [0.05, 0.1) is 8.95 Å². The van der Waals surface area contributed by atoms with Crippen LogP contribution in [-0.4, -0.2) is 0 Å². The van der Waals surface area contributed by atoms with Gasteiger partial charge < -0.3 is 4.74 Å². The van der Waals surface area contributed by atoms with E-state index in [-0.39, 0.29) is 0 Å². The highest BCUT2D eigenvalue weighted by atomic mass is 79.9. The highest BCUT2D eigenvalue weighted by Crippen LogP contribution is 2.33. The summed E-state index contributed by atoms with van der Waals surface area (Å²) in [5, 5.41) is 2.79. The van der Waals surface area contributed by atoms with Gasteiger partial charge in [-0.05, 0) is 66.7 Å². The van der Waals surface area contributed by atoms with Gasteiger partial charge in [0.25, 0.3) is 0 Å². The minimum atomic E-state index is 0.777. The number of hydrogen-bond donors (Lipinski definition) is 0. The highest BCUT2D eigenvalue weighted by Gasteiger charge is 2.03. The molecule has 0 bridgehead atoms. The summed E-state index contributed by atoms with van der Waals surface area (Å²) < 4.78 is 7.64. The van der Waals surface area contributed by atoms with Crippen LogP contribution in [0.4, 0.5) is 0 Å². The molecule has 4 heteroatoms. The number of rotatable bonds is 4. The van der Waals surface area contributed by atoms with Crippen molar-refractivity contribution >= 4 is 51.0 Å². The van der Waals surface area contributed by atoms with Crippen LogP contribution in [0.3, 0.4) is 0 Å². The third kappa shape index (κ3) is 6.60. The van der Waals surface area contributed by atoms with Crippen LogP contribution in [0.15, 0.2) is 118 Å². The second-order valence-corrected chi connectivity index (χ2v) is 8.93. The quantitative estimate of drug-likeness (QED) is 0.260. The van der Waals surface area contributed by atoms with E-state index in [4.69, 9.17) is 4.74 Å². The van der Waals surface area contributed by atoms with Crippen LogP contribution < -0.4 is 15.3 Å². The van der Waals surface area contributed by atoms with Gasteiger partial charge in [0.2, 0.25) is 0 Å². The van der Waals surface area contributed by atoms with E-state index in [0.29, 0.717) is 0 Å². The van der Waals surface area contributed by atoms with Crippen molar-refractivity contribution < 1.29 is 4.74 Å². The Balaban J connectivity index is 0.000000162. The summed E-state index contributed by atoms with van der Waals surface area (Å²) in [6.07, 6.45) is 0. The Labute approximate surface area is 184 Å². The zero-order valence-corrected chi connectivity index (χ0v) is 19.2. The minimum Gasteiger partial charge on any atom is -0.455 e. The molecule has 0 amide bonds. The lowest BCUT2D eigenvalue weighted by molar-refractivity contribution is 0.476. The first-order valence-electron chi connectivity index (χ1n) is 8.76. The third-order valence-electron chi connectivity index (χ3n) is 3.73. The van der Waals surface area contributed by atoms with Crippen molar-refractivity contribution in [2.75, 3.05) is 0 Å². The Morgan fingerprint density at radius 2 is 0.821 bits per heavy atom. The average molecular weight is 514 g/mol. The smallest absolute Gasteiger partial charge is 0.141 e. The third-order valence-corrected chi connectivity index (χ3v) is 6.28. The topological polar surface area (TPSA) is 9.23 Å². The van der Waals surface area contributed by atoms with E-state index in [1.54, 1.807) is 0 Å². The van der Waals surface area contributed by atoms with Crippen molar-refractivity contribution in [1.29, 1.82) is 0 Å². The highest BCUT2D eigenvalue weighted by molar-refractivity contribution is 9.11. The molecule has 140 valence electrons. The molecule has 4 aromatic carbocycles. The summed E-state index contributed by atoms with van der Waals surface area (Å²) in [6, 6.07) is 36.7. The van der Waals surface area contributed by atoms with E-state index in [1.807, 2.05) is 48.5 Å². The van der Waals surface area contributed by atoms with Crippen LogP contribution in [0.25, 0.3) is 0 Å². The van der Waals surface area contributed by atoms with E-state index < -0.39 is 0 Å². The van der Waals surface area contributed by atoms with Gasteiger partial charge >= 0.3 is 0 Å². The molecule has 4 rings (SSSR count). The fourth-order valence-electron chi connectivity index (χ4n) is 2.38. The lowest BCUT2D eigenvalue weighted by atomic mass is 10.3. The van der Waals surface area contributed by atoms with Gasteiger partial charge in [-0.15, -0.1) is 0 Å². The molecule has 0 saturated carbocycles. The maximum absolute atomic E-state index is 5.75. The van der Waals surface area contributed by atoms with Crippen LogP contribution >= 0.6 is 40.4 Å². The Kier molecular flexibility index (Phi) is 8.29. The van der Waals surface area contributed by atoms with Crippen LogP contribution in [0, 0.1) is 0 Å².